The average Bonchev–Trinajstić information content (AvgIpc) is 3.33. The molecule has 0 bridgehead atoms. The molecule has 0 radical (unpaired) electrons. The number of thioether (sulfide) groups is 1. The highest BCUT2D eigenvalue weighted by Gasteiger charge is 2.41. The maximum absolute atomic E-state index is 6.52. The zero-order valence-corrected chi connectivity index (χ0v) is 21.8. The molecule has 0 saturated heterocycles. The van der Waals surface area contributed by atoms with Gasteiger partial charge in [0.15, 0.2) is 11.5 Å². The summed E-state index contributed by atoms with van der Waals surface area (Å²) in [4.78, 5) is 1.23. The zero-order valence-electron chi connectivity index (χ0n) is 19.4. The molecule has 0 fully saturated rings. The number of hydrazone groups is 1. The fraction of sp³-hybridized carbons (Fsp3) is 0.269. The Morgan fingerprint density at radius 3 is 2.29 bits per heavy atom. The second-order valence-electron chi connectivity index (χ2n) is 7.99. The Hall–Kier alpha value is -2.84. The molecule has 0 N–H and O–H groups in total. The fourth-order valence-electron chi connectivity index (χ4n) is 4.48. The third-order valence-corrected chi connectivity index (χ3v) is 7.38. The van der Waals surface area contributed by atoms with Crippen molar-refractivity contribution >= 4 is 33.4 Å². The molecule has 2 atom stereocenters. The Kier molecular flexibility index (Phi) is 6.36. The Balaban J connectivity index is 1.61. The second-order valence-corrected chi connectivity index (χ2v) is 9.78. The number of fused-ring (bicyclic) bond motifs is 3. The third-order valence-electron chi connectivity index (χ3n) is 6.15. The number of hydrogen-bond acceptors (Lipinski definition) is 7. The van der Waals surface area contributed by atoms with Crippen molar-refractivity contribution in [2.24, 2.45) is 5.10 Å². The molecule has 8 heteroatoms. The van der Waals surface area contributed by atoms with Gasteiger partial charge in [0.1, 0.15) is 5.75 Å². The molecule has 176 valence electrons. The standard InChI is InChI=1S/C26H25BrN2O4S/c1-30-23-11-16(12-24(31-2)25(23)32-3)26-29-21(19-13-17(27)7-10-22(19)33-26)14-20(28-29)15-5-8-18(34-4)9-6-15/h5-13,21,26H,14H2,1-4H3. The van der Waals surface area contributed by atoms with Gasteiger partial charge in [0, 0.05) is 26.9 Å². The van der Waals surface area contributed by atoms with Crippen molar-refractivity contribution in [1.82, 2.24) is 5.01 Å². The van der Waals surface area contributed by atoms with Crippen LogP contribution in [-0.2, 0) is 0 Å². The quantitative estimate of drug-likeness (QED) is 0.335. The van der Waals surface area contributed by atoms with Crippen LogP contribution in [0.15, 0.2) is 69.1 Å². The Morgan fingerprint density at radius 1 is 0.971 bits per heavy atom. The smallest absolute Gasteiger partial charge is 0.214 e. The third kappa shape index (κ3) is 3.99. The number of nitrogens with zero attached hydrogens (tertiary/aromatic N) is 2. The number of hydrogen-bond donors (Lipinski definition) is 0. The van der Waals surface area contributed by atoms with E-state index >= 15 is 0 Å². The lowest BCUT2D eigenvalue weighted by atomic mass is 9.96. The largest absolute Gasteiger partial charge is 0.493 e. The van der Waals surface area contributed by atoms with Crippen molar-refractivity contribution in [3.63, 3.8) is 0 Å². The summed E-state index contributed by atoms with van der Waals surface area (Å²) in [6.45, 7) is 0. The zero-order chi connectivity index (χ0) is 23.8. The summed E-state index contributed by atoms with van der Waals surface area (Å²) in [6, 6.07) is 18.6. The first-order valence-corrected chi connectivity index (χ1v) is 12.8. The molecule has 0 amide bonds. The van der Waals surface area contributed by atoms with Crippen LogP contribution in [0.4, 0.5) is 0 Å². The average molecular weight is 541 g/mol. The van der Waals surface area contributed by atoms with E-state index in [1.165, 1.54) is 4.90 Å². The highest BCUT2D eigenvalue weighted by Crippen LogP contribution is 2.50. The van der Waals surface area contributed by atoms with Gasteiger partial charge in [0.2, 0.25) is 12.0 Å². The molecule has 0 spiro atoms. The van der Waals surface area contributed by atoms with Crippen molar-refractivity contribution in [3.8, 4) is 23.0 Å². The van der Waals surface area contributed by atoms with Crippen molar-refractivity contribution in [3.05, 3.63) is 75.8 Å². The monoisotopic (exact) mass is 540 g/mol. The Labute approximate surface area is 212 Å². The summed E-state index contributed by atoms with van der Waals surface area (Å²) >= 11 is 5.35. The van der Waals surface area contributed by atoms with Crippen LogP contribution in [0.5, 0.6) is 23.0 Å². The predicted molar refractivity (Wildman–Crippen MR) is 138 cm³/mol. The van der Waals surface area contributed by atoms with E-state index in [1.807, 2.05) is 29.3 Å². The topological polar surface area (TPSA) is 52.5 Å². The van der Waals surface area contributed by atoms with Crippen molar-refractivity contribution in [2.45, 2.75) is 23.6 Å². The van der Waals surface area contributed by atoms with Gasteiger partial charge in [-0.3, -0.25) is 0 Å². The van der Waals surface area contributed by atoms with Gasteiger partial charge >= 0.3 is 0 Å². The van der Waals surface area contributed by atoms with Crippen molar-refractivity contribution in [2.75, 3.05) is 27.6 Å². The minimum Gasteiger partial charge on any atom is -0.493 e. The number of halogens is 1. The molecule has 2 aliphatic heterocycles. The van der Waals surface area contributed by atoms with E-state index in [9.17, 15) is 0 Å². The molecule has 2 unspecified atom stereocenters. The van der Waals surface area contributed by atoms with Crippen LogP contribution in [0.3, 0.4) is 0 Å². The fourth-order valence-corrected chi connectivity index (χ4v) is 5.27. The molecule has 6 nitrogen and oxygen atoms in total. The molecule has 3 aromatic carbocycles. The molecule has 34 heavy (non-hydrogen) atoms. The van der Waals surface area contributed by atoms with E-state index < -0.39 is 6.23 Å². The number of rotatable bonds is 6. The van der Waals surface area contributed by atoms with Gasteiger partial charge in [-0.2, -0.15) is 5.10 Å². The van der Waals surface area contributed by atoms with Gasteiger partial charge < -0.3 is 18.9 Å². The lowest BCUT2D eigenvalue weighted by Gasteiger charge is -2.38. The highest BCUT2D eigenvalue weighted by atomic mass is 79.9. The van der Waals surface area contributed by atoms with Crippen LogP contribution < -0.4 is 18.9 Å². The summed E-state index contributed by atoms with van der Waals surface area (Å²) in [5.41, 5.74) is 4.13. The first-order valence-electron chi connectivity index (χ1n) is 10.8. The van der Waals surface area contributed by atoms with E-state index in [2.05, 4.69) is 52.5 Å². The predicted octanol–water partition coefficient (Wildman–Crippen LogP) is 6.44. The summed E-state index contributed by atoms with van der Waals surface area (Å²) in [5.74, 6) is 2.55. The summed E-state index contributed by atoms with van der Waals surface area (Å²) in [6.07, 6.45) is 2.42. The van der Waals surface area contributed by atoms with E-state index in [0.29, 0.717) is 17.2 Å². The SMILES string of the molecule is COc1cc(C2Oc3ccc(Br)cc3C3CC(c4ccc(SC)cc4)=NN32)cc(OC)c1OC. The molecule has 5 rings (SSSR count). The maximum atomic E-state index is 6.52. The van der Waals surface area contributed by atoms with Crippen LogP contribution in [0, 0.1) is 0 Å². The molecular formula is C26H25BrN2O4S. The minimum absolute atomic E-state index is 0.0422. The minimum atomic E-state index is -0.449. The molecule has 2 heterocycles. The van der Waals surface area contributed by atoms with Crippen LogP contribution in [0.2, 0.25) is 0 Å². The summed E-state index contributed by atoms with van der Waals surface area (Å²) < 4.78 is 24.2. The lowest BCUT2D eigenvalue weighted by molar-refractivity contribution is -0.0193. The van der Waals surface area contributed by atoms with Crippen LogP contribution >= 0.6 is 27.7 Å². The van der Waals surface area contributed by atoms with Crippen molar-refractivity contribution < 1.29 is 18.9 Å². The Bertz CT molecular complexity index is 1220. The molecular weight excluding hydrogens is 516 g/mol. The maximum Gasteiger partial charge on any atom is 0.214 e. The van der Waals surface area contributed by atoms with Gasteiger partial charge in [0.05, 0.1) is 33.1 Å². The van der Waals surface area contributed by atoms with Gasteiger partial charge in [-0.15, -0.1) is 11.8 Å². The van der Waals surface area contributed by atoms with E-state index in [1.54, 1.807) is 33.1 Å². The molecule has 2 aliphatic rings. The molecule has 0 aromatic heterocycles. The van der Waals surface area contributed by atoms with E-state index in [4.69, 9.17) is 24.0 Å². The van der Waals surface area contributed by atoms with Crippen LogP contribution in [0.1, 0.15) is 35.4 Å². The normalized spacial score (nSPS) is 18.5. The van der Waals surface area contributed by atoms with Gasteiger partial charge in [-0.05, 0) is 54.3 Å². The lowest BCUT2D eigenvalue weighted by Crippen LogP contribution is -2.33. The Morgan fingerprint density at radius 2 is 1.68 bits per heavy atom. The van der Waals surface area contributed by atoms with Gasteiger partial charge in [-0.25, -0.2) is 5.01 Å². The van der Waals surface area contributed by atoms with Crippen LogP contribution in [0.25, 0.3) is 0 Å². The van der Waals surface area contributed by atoms with Crippen LogP contribution in [-0.4, -0.2) is 38.3 Å². The van der Waals surface area contributed by atoms with Gasteiger partial charge in [-0.1, -0.05) is 28.1 Å². The summed E-state index contributed by atoms with van der Waals surface area (Å²) in [5, 5.41) is 7.11. The van der Waals surface area contributed by atoms with E-state index in [0.717, 1.165) is 39.0 Å². The first-order chi connectivity index (χ1) is 16.6. The van der Waals surface area contributed by atoms with Gasteiger partial charge in [0.25, 0.3) is 0 Å². The number of ether oxygens (including phenoxy) is 4. The number of methoxy groups -OCH3 is 3. The summed E-state index contributed by atoms with van der Waals surface area (Å²) in [7, 11) is 4.83. The second kappa shape index (κ2) is 9.43. The molecule has 0 aliphatic carbocycles. The van der Waals surface area contributed by atoms with Crippen molar-refractivity contribution in [1.29, 1.82) is 0 Å². The molecule has 0 saturated carbocycles. The molecule has 3 aromatic rings. The number of benzene rings is 3. The van der Waals surface area contributed by atoms with E-state index in [-0.39, 0.29) is 6.04 Å². The first kappa shape index (κ1) is 22.9. The highest BCUT2D eigenvalue weighted by molar-refractivity contribution is 9.10.